The Morgan fingerprint density at radius 1 is 0.868 bits per heavy atom. The van der Waals surface area contributed by atoms with E-state index in [-0.39, 0.29) is 22.8 Å². The molecule has 14 nitrogen and oxygen atoms in total. The van der Waals surface area contributed by atoms with E-state index in [2.05, 4.69) is 0 Å². The maximum absolute atomic E-state index is 12.3. The largest absolute Gasteiger partial charge is 0.504 e. The highest BCUT2D eigenvalue weighted by molar-refractivity contribution is 5.91. The van der Waals surface area contributed by atoms with Crippen molar-refractivity contribution in [2.75, 3.05) is 20.8 Å². The molecule has 0 unspecified atom stereocenters. The Labute approximate surface area is 215 Å². The first-order chi connectivity index (χ1) is 18.0. The summed E-state index contributed by atoms with van der Waals surface area (Å²) in [6.07, 6.45) is -6.42. The number of rotatable bonds is 8. The molecule has 0 bridgehead atoms. The number of esters is 2. The maximum Gasteiger partial charge on any atom is 0.338 e. The Morgan fingerprint density at radius 3 is 2.00 bits per heavy atom. The van der Waals surface area contributed by atoms with Crippen LogP contribution in [-0.2, 0) is 19.0 Å². The molecule has 0 spiro atoms. The van der Waals surface area contributed by atoms with E-state index in [1.165, 1.54) is 32.4 Å². The average Bonchev–Trinajstić information content (AvgIpc) is 2.90. The molecule has 0 aromatic heterocycles. The van der Waals surface area contributed by atoms with Gasteiger partial charge in [0.15, 0.2) is 28.7 Å². The third-order valence-corrected chi connectivity index (χ3v) is 5.50. The van der Waals surface area contributed by atoms with Crippen LogP contribution in [0.3, 0.4) is 0 Å². The smallest absolute Gasteiger partial charge is 0.338 e. The van der Waals surface area contributed by atoms with E-state index in [4.69, 9.17) is 23.7 Å². The van der Waals surface area contributed by atoms with Crippen LogP contribution in [0.15, 0.2) is 30.3 Å². The number of phenols is 4. The molecule has 0 radical (unpaired) electrons. The van der Waals surface area contributed by atoms with Gasteiger partial charge in [0.25, 0.3) is 0 Å². The Kier molecular flexibility index (Phi) is 8.85. The number of aliphatic hydroxyl groups excluding tert-OH is 3. The highest BCUT2D eigenvalue weighted by Gasteiger charge is 2.46. The molecule has 3 rings (SSSR count). The summed E-state index contributed by atoms with van der Waals surface area (Å²) in [5, 5.41) is 69.0. The van der Waals surface area contributed by atoms with Crippen molar-refractivity contribution in [2.45, 2.75) is 30.7 Å². The maximum atomic E-state index is 12.3. The first kappa shape index (κ1) is 28.3. The number of carbonyl (C=O) groups is 2. The molecule has 7 N–H and O–H groups in total. The molecule has 2 aromatic rings. The Balaban J connectivity index is 1.66. The second-order valence-corrected chi connectivity index (χ2v) is 8.02. The van der Waals surface area contributed by atoms with Crippen molar-refractivity contribution in [3.8, 4) is 34.5 Å². The van der Waals surface area contributed by atoms with Crippen molar-refractivity contribution >= 4 is 18.0 Å². The first-order valence-corrected chi connectivity index (χ1v) is 10.9. The van der Waals surface area contributed by atoms with Crippen LogP contribution in [0.25, 0.3) is 6.08 Å². The number of methoxy groups -OCH3 is 2. The van der Waals surface area contributed by atoms with Gasteiger partial charge >= 0.3 is 11.9 Å². The summed E-state index contributed by atoms with van der Waals surface area (Å²) in [6, 6.07) is 4.46. The number of benzene rings is 2. The third-order valence-electron chi connectivity index (χ3n) is 5.50. The van der Waals surface area contributed by atoms with Crippen LogP contribution in [0.2, 0.25) is 0 Å². The van der Waals surface area contributed by atoms with Crippen molar-refractivity contribution in [1.29, 1.82) is 0 Å². The monoisotopic (exact) mass is 538 g/mol. The van der Waals surface area contributed by atoms with Gasteiger partial charge in [-0.1, -0.05) is 0 Å². The zero-order valence-electron chi connectivity index (χ0n) is 20.0. The highest BCUT2D eigenvalue weighted by Crippen LogP contribution is 2.38. The van der Waals surface area contributed by atoms with E-state index >= 15 is 0 Å². The lowest BCUT2D eigenvalue weighted by Gasteiger charge is -2.39. The zero-order chi connectivity index (χ0) is 28.1. The van der Waals surface area contributed by atoms with Crippen molar-refractivity contribution in [3.05, 3.63) is 41.5 Å². The van der Waals surface area contributed by atoms with Gasteiger partial charge < -0.3 is 59.4 Å². The van der Waals surface area contributed by atoms with Crippen LogP contribution in [-0.4, -0.2) is 99.2 Å². The van der Waals surface area contributed by atoms with Crippen LogP contribution in [0, 0.1) is 0 Å². The Morgan fingerprint density at radius 2 is 1.45 bits per heavy atom. The number of hydrogen-bond acceptors (Lipinski definition) is 14. The molecule has 14 heteroatoms. The standard InChI is InChI=1S/C24H26O14/c1-34-14-5-10(6-15(35-2)19(14)29)3-4-17(27)38-24-22(32)21(31)20(30)16(37-24)9-36-23(33)11-7-12(25)18(28)13(26)8-11/h3-8,16,20-22,24-26,28-32H,9H2,1-2H3/b4-3+/t16-,20-,21+,22-,24+/m1/s1. The molecule has 1 aliphatic heterocycles. The number of carbonyl (C=O) groups excluding carboxylic acids is 2. The Hall–Kier alpha value is -4.24. The lowest BCUT2D eigenvalue weighted by Crippen LogP contribution is -2.59. The minimum absolute atomic E-state index is 0.0793. The molecule has 1 saturated heterocycles. The van der Waals surface area contributed by atoms with Gasteiger partial charge in [0, 0.05) is 6.08 Å². The van der Waals surface area contributed by atoms with Crippen LogP contribution >= 0.6 is 0 Å². The number of ether oxygens (including phenoxy) is 5. The van der Waals surface area contributed by atoms with Crippen molar-refractivity contribution in [1.82, 2.24) is 0 Å². The van der Waals surface area contributed by atoms with Crippen molar-refractivity contribution in [2.24, 2.45) is 0 Å². The normalized spacial score (nSPS) is 23.1. The SMILES string of the molecule is COc1cc(/C=C/C(=O)O[C@@H]2O[C@H](COC(=O)c3cc(O)c(O)c(O)c3)[C@@H](O)[C@H](O)[C@H]2O)cc(OC)c1O. The molecule has 0 amide bonds. The molecule has 206 valence electrons. The van der Waals surface area contributed by atoms with Crippen molar-refractivity contribution in [3.63, 3.8) is 0 Å². The minimum Gasteiger partial charge on any atom is -0.504 e. The summed E-state index contributed by atoms with van der Waals surface area (Å²) in [4.78, 5) is 24.6. The first-order valence-electron chi connectivity index (χ1n) is 10.9. The molecule has 2 aromatic carbocycles. The number of aromatic hydroxyl groups is 4. The van der Waals surface area contributed by atoms with E-state index in [1.54, 1.807) is 0 Å². The predicted octanol–water partition coefficient (Wildman–Crippen LogP) is -0.253. The van der Waals surface area contributed by atoms with Gasteiger partial charge in [-0.2, -0.15) is 0 Å². The molecular formula is C24H26O14. The van der Waals surface area contributed by atoms with Gasteiger partial charge in [-0.05, 0) is 35.9 Å². The summed E-state index contributed by atoms with van der Waals surface area (Å²) in [7, 11) is 2.65. The molecule has 1 fully saturated rings. The van der Waals surface area contributed by atoms with E-state index in [0.717, 1.165) is 18.2 Å². The topological polar surface area (TPSA) is 222 Å². The van der Waals surface area contributed by atoms with Crippen LogP contribution < -0.4 is 9.47 Å². The lowest BCUT2D eigenvalue weighted by molar-refractivity contribution is -0.290. The molecule has 0 aliphatic carbocycles. The highest BCUT2D eigenvalue weighted by atomic mass is 16.7. The predicted molar refractivity (Wildman–Crippen MR) is 125 cm³/mol. The zero-order valence-corrected chi connectivity index (χ0v) is 20.0. The van der Waals surface area contributed by atoms with E-state index < -0.39 is 66.5 Å². The summed E-state index contributed by atoms with van der Waals surface area (Å²) < 4.78 is 25.4. The molecule has 1 heterocycles. The van der Waals surface area contributed by atoms with Gasteiger partial charge in [0.2, 0.25) is 12.0 Å². The fourth-order valence-electron chi connectivity index (χ4n) is 3.44. The Bertz CT molecular complexity index is 1160. The van der Waals surface area contributed by atoms with E-state index in [1.807, 2.05) is 0 Å². The van der Waals surface area contributed by atoms with Crippen molar-refractivity contribution < 1.29 is 69.0 Å². The second kappa shape index (κ2) is 11.9. The fraction of sp³-hybridized carbons (Fsp3) is 0.333. The van der Waals surface area contributed by atoms with Gasteiger partial charge in [0.1, 0.15) is 31.0 Å². The molecular weight excluding hydrogens is 512 g/mol. The summed E-state index contributed by atoms with van der Waals surface area (Å²) in [6.45, 7) is -0.691. The van der Waals surface area contributed by atoms with Gasteiger partial charge in [-0.15, -0.1) is 0 Å². The van der Waals surface area contributed by atoms with E-state index in [9.17, 15) is 45.3 Å². The number of hydrogen-bond donors (Lipinski definition) is 7. The molecule has 5 atom stereocenters. The minimum atomic E-state index is -1.85. The van der Waals surface area contributed by atoms with Gasteiger partial charge in [-0.3, -0.25) is 0 Å². The molecule has 0 saturated carbocycles. The van der Waals surface area contributed by atoms with Gasteiger partial charge in [0.05, 0.1) is 19.8 Å². The lowest BCUT2D eigenvalue weighted by atomic mass is 9.99. The number of aliphatic hydroxyl groups is 3. The van der Waals surface area contributed by atoms with Crippen LogP contribution in [0.1, 0.15) is 15.9 Å². The second-order valence-electron chi connectivity index (χ2n) is 8.02. The summed E-state index contributed by atoms with van der Waals surface area (Å²) in [5.41, 5.74) is 0.0319. The average molecular weight is 538 g/mol. The van der Waals surface area contributed by atoms with Crippen LogP contribution in [0.4, 0.5) is 0 Å². The van der Waals surface area contributed by atoms with Crippen LogP contribution in [0.5, 0.6) is 34.5 Å². The van der Waals surface area contributed by atoms with E-state index in [0.29, 0.717) is 5.56 Å². The number of phenolic OH excluding ortho intramolecular Hbond substituents is 4. The molecule has 38 heavy (non-hydrogen) atoms. The summed E-state index contributed by atoms with van der Waals surface area (Å²) in [5.74, 6) is -4.61. The molecule has 1 aliphatic rings. The fourth-order valence-corrected chi connectivity index (χ4v) is 3.44. The third kappa shape index (κ3) is 6.18. The summed E-state index contributed by atoms with van der Waals surface area (Å²) >= 11 is 0. The quantitative estimate of drug-likeness (QED) is 0.131. The van der Waals surface area contributed by atoms with Gasteiger partial charge in [-0.25, -0.2) is 9.59 Å².